The second kappa shape index (κ2) is 10.3. The smallest absolute Gasteiger partial charge is 0.339 e. The summed E-state index contributed by atoms with van der Waals surface area (Å²) in [6, 6.07) is 11.3. The first-order valence-electron chi connectivity index (χ1n) is 8.92. The van der Waals surface area contributed by atoms with Crippen LogP contribution in [-0.2, 0) is 21.8 Å². The van der Waals surface area contributed by atoms with Crippen LogP contribution in [0.5, 0.6) is 0 Å². The highest BCUT2D eigenvalue weighted by atomic mass is 32.2. The van der Waals surface area contributed by atoms with Crippen molar-refractivity contribution >= 4 is 29.7 Å². The molecule has 0 atom stereocenters. The molecule has 0 fully saturated rings. The van der Waals surface area contributed by atoms with Crippen molar-refractivity contribution in [1.82, 2.24) is 15.8 Å². The Kier molecular flexibility index (Phi) is 7.28. The van der Waals surface area contributed by atoms with Crippen LogP contribution in [0.3, 0.4) is 0 Å². The van der Waals surface area contributed by atoms with Crippen molar-refractivity contribution in [3.63, 3.8) is 0 Å². The molecule has 30 heavy (non-hydrogen) atoms. The maximum atomic E-state index is 12.4. The predicted octanol–water partition coefficient (Wildman–Crippen LogP) is 3.05. The lowest BCUT2D eigenvalue weighted by Crippen LogP contribution is -2.41. The Hall–Kier alpha value is -3.53. The molecular formula is C20H19N3O6S. The number of amides is 3. The van der Waals surface area contributed by atoms with Crippen molar-refractivity contribution in [3.8, 4) is 0 Å². The zero-order valence-electron chi connectivity index (χ0n) is 16.0. The first kappa shape index (κ1) is 21.2. The van der Waals surface area contributed by atoms with E-state index >= 15 is 0 Å². The van der Waals surface area contributed by atoms with Gasteiger partial charge < -0.3 is 19.0 Å². The number of furan rings is 1. The Morgan fingerprint density at radius 2 is 1.97 bits per heavy atom. The molecule has 0 saturated heterocycles. The highest BCUT2D eigenvalue weighted by molar-refractivity contribution is 7.98. The number of ether oxygens (including phenoxy) is 1. The second-order valence-corrected chi connectivity index (χ2v) is 7.12. The van der Waals surface area contributed by atoms with Crippen LogP contribution < -0.4 is 10.6 Å². The van der Waals surface area contributed by atoms with Crippen LogP contribution in [0.4, 0.5) is 4.79 Å². The molecule has 0 aliphatic rings. The molecule has 9 nitrogen and oxygen atoms in total. The third-order valence-corrected chi connectivity index (χ3v) is 4.84. The summed E-state index contributed by atoms with van der Waals surface area (Å²) in [5.41, 5.74) is 1.09. The third-order valence-electron chi connectivity index (χ3n) is 3.74. The minimum atomic E-state index is -0.748. The lowest BCUT2D eigenvalue weighted by molar-refractivity contribution is -0.123. The normalized spacial score (nSPS) is 10.4. The summed E-state index contributed by atoms with van der Waals surface area (Å²) >= 11 is 1.38. The number of benzene rings is 1. The number of aryl methyl sites for hydroxylation is 1. The molecule has 0 unspecified atom stereocenters. The van der Waals surface area contributed by atoms with Gasteiger partial charge in [-0.1, -0.05) is 17.3 Å². The number of carbonyl (C=O) groups is 3. The molecule has 156 valence electrons. The molecule has 0 radical (unpaired) electrons. The van der Waals surface area contributed by atoms with Gasteiger partial charge in [0, 0.05) is 11.0 Å². The Morgan fingerprint density at radius 1 is 1.13 bits per heavy atom. The fourth-order valence-corrected chi connectivity index (χ4v) is 3.31. The number of carbonyl (C=O) groups excluding carboxylic acids is 3. The maximum Gasteiger partial charge on any atom is 0.339 e. The summed E-state index contributed by atoms with van der Waals surface area (Å²) in [6.45, 7) is 1.36. The highest BCUT2D eigenvalue weighted by Crippen LogP contribution is 2.27. The zero-order chi connectivity index (χ0) is 21.3. The first-order valence-corrected chi connectivity index (χ1v) is 9.91. The van der Waals surface area contributed by atoms with Crippen LogP contribution in [0.2, 0.25) is 0 Å². The molecule has 0 spiro atoms. The second-order valence-electron chi connectivity index (χ2n) is 6.11. The molecule has 0 aliphatic heterocycles. The number of nitrogens with one attached hydrogen (secondary N) is 2. The number of esters is 1. The predicted molar refractivity (Wildman–Crippen MR) is 107 cm³/mol. The van der Waals surface area contributed by atoms with Crippen LogP contribution in [0.25, 0.3) is 0 Å². The van der Waals surface area contributed by atoms with E-state index in [1.807, 2.05) is 13.0 Å². The minimum absolute atomic E-state index is 0.126. The largest absolute Gasteiger partial charge is 0.467 e. The van der Waals surface area contributed by atoms with Crippen molar-refractivity contribution < 1.29 is 28.1 Å². The van der Waals surface area contributed by atoms with Gasteiger partial charge in [-0.2, -0.15) is 0 Å². The van der Waals surface area contributed by atoms with Gasteiger partial charge >= 0.3 is 12.0 Å². The number of hydrogen-bond donors (Lipinski definition) is 2. The Balaban J connectivity index is 1.47. The fraction of sp³-hybridized carbons (Fsp3) is 0.200. The van der Waals surface area contributed by atoms with Crippen LogP contribution in [0, 0.1) is 6.92 Å². The van der Waals surface area contributed by atoms with E-state index in [-0.39, 0.29) is 6.54 Å². The number of hydrogen-bond acceptors (Lipinski definition) is 8. The topological polar surface area (TPSA) is 124 Å². The van der Waals surface area contributed by atoms with Crippen molar-refractivity contribution in [2.75, 3.05) is 6.61 Å². The van der Waals surface area contributed by atoms with Gasteiger partial charge in [0.25, 0.3) is 5.91 Å². The minimum Gasteiger partial charge on any atom is -0.467 e. The molecule has 0 saturated carbocycles. The van der Waals surface area contributed by atoms with Gasteiger partial charge in [0.05, 0.1) is 29.8 Å². The summed E-state index contributed by atoms with van der Waals surface area (Å²) in [7, 11) is 0. The van der Waals surface area contributed by atoms with E-state index in [4.69, 9.17) is 13.7 Å². The number of nitrogens with zero attached hydrogens (tertiary/aromatic N) is 1. The molecule has 2 heterocycles. The van der Waals surface area contributed by atoms with E-state index in [9.17, 15) is 14.4 Å². The van der Waals surface area contributed by atoms with E-state index in [1.165, 1.54) is 18.0 Å². The van der Waals surface area contributed by atoms with E-state index in [0.717, 1.165) is 5.69 Å². The molecule has 10 heteroatoms. The monoisotopic (exact) mass is 429 g/mol. The van der Waals surface area contributed by atoms with Crippen LogP contribution >= 0.6 is 11.8 Å². The van der Waals surface area contributed by atoms with Gasteiger partial charge in [-0.15, -0.1) is 11.8 Å². The molecule has 3 aromatic rings. The lowest BCUT2D eigenvalue weighted by Gasteiger charge is -2.09. The summed E-state index contributed by atoms with van der Waals surface area (Å²) in [5, 5.41) is 8.36. The lowest BCUT2D eigenvalue weighted by atomic mass is 10.2. The first-order chi connectivity index (χ1) is 14.5. The summed E-state index contributed by atoms with van der Waals surface area (Å²) in [6.07, 6.45) is 1.47. The van der Waals surface area contributed by atoms with Crippen molar-refractivity contribution in [2.24, 2.45) is 0 Å². The van der Waals surface area contributed by atoms with Crippen molar-refractivity contribution in [2.45, 2.75) is 24.1 Å². The SMILES string of the molecule is Cc1cc(CSc2ccccc2C(=O)OCC(=O)NC(=O)NCc2ccco2)on1. The number of aromatic nitrogens is 1. The summed E-state index contributed by atoms with van der Waals surface area (Å²) in [5.74, 6) is 0.293. The molecule has 0 aliphatic carbocycles. The average Bonchev–Trinajstić information content (AvgIpc) is 3.41. The average molecular weight is 429 g/mol. The number of rotatable bonds is 8. The Morgan fingerprint density at radius 3 is 2.70 bits per heavy atom. The standard InChI is InChI=1S/C20H19N3O6S/c1-13-9-15(29-23-13)12-30-17-7-3-2-6-16(17)19(25)28-11-18(24)22-20(26)21-10-14-5-4-8-27-14/h2-9H,10-12H2,1H3,(H2,21,22,24,26). The van der Waals surface area contributed by atoms with Gasteiger partial charge in [0.15, 0.2) is 6.61 Å². The zero-order valence-corrected chi connectivity index (χ0v) is 16.9. The number of imide groups is 1. The highest BCUT2D eigenvalue weighted by Gasteiger charge is 2.16. The summed E-state index contributed by atoms with van der Waals surface area (Å²) in [4.78, 5) is 36.6. The molecular weight excluding hydrogens is 410 g/mol. The number of urea groups is 1. The van der Waals surface area contributed by atoms with E-state index in [2.05, 4.69) is 15.8 Å². The summed E-state index contributed by atoms with van der Waals surface area (Å²) < 4.78 is 15.3. The van der Waals surface area contributed by atoms with Gasteiger partial charge in [0.2, 0.25) is 0 Å². The van der Waals surface area contributed by atoms with E-state index in [1.54, 1.807) is 36.4 Å². The Labute approximate surface area is 176 Å². The van der Waals surface area contributed by atoms with Crippen LogP contribution in [0.15, 0.2) is 62.6 Å². The van der Waals surface area contributed by atoms with Gasteiger partial charge in [-0.25, -0.2) is 9.59 Å². The maximum absolute atomic E-state index is 12.4. The third kappa shape index (κ3) is 6.24. The van der Waals surface area contributed by atoms with Crippen LogP contribution in [0.1, 0.15) is 27.6 Å². The number of thioether (sulfide) groups is 1. The molecule has 2 N–H and O–H groups in total. The quantitative estimate of drug-likeness (QED) is 0.414. The molecule has 3 rings (SSSR count). The van der Waals surface area contributed by atoms with Gasteiger partial charge in [-0.3, -0.25) is 10.1 Å². The van der Waals surface area contributed by atoms with E-state index in [0.29, 0.717) is 27.7 Å². The molecule has 1 aromatic carbocycles. The van der Waals surface area contributed by atoms with Crippen molar-refractivity contribution in [3.05, 3.63) is 71.5 Å². The fourth-order valence-electron chi connectivity index (χ4n) is 2.39. The van der Waals surface area contributed by atoms with Gasteiger partial charge in [0.1, 0.15) is 11.5 Å². The molecule has 3 amide bonds. The van der Waals surface area contributed by atoms with Gasteiger partial charge in [-0.05, 0) is 31.2 Å². The molecule has 2 aromatic heterocycles. The van der Waals surface area contributed by atoms with E-state index < -0.39 is 24.5 Å². The molecule has 0 bridgehead atoms. The van der Waals surface area contributed by atoms with Crippen LogP contribution in [-0.4, -0.2) is 29.7 Å². The van der Waals surface area contributed by atoms with Crippen molar-refractivity contribution in [1.29, 1.82) is 0 Å². The Bertz CT molecular complexity index is 1020.